The molecule has 0 aromatic carbocycles. The SMILES string of the molecule is COC(=O)c1nnn(Cc2cn([C@@H]3O[C@H](CO)[C@H]4OC(C)(C)O[C@H]43)c(=O)[nH]c2=O)c1C(=O)OC. The van der Waals surface area contributed by atoms with Crippen molar-refractivity contribution < 1.29 is 38.4 Å². The maximum Gasteiger partial charge on any atom is 0.361 e. The van der Waals surface area contributed by atoms with Gasteiger partial charge in [-0.3, -0.25) is 14.3 Å². The Morgan fingerprint density at radius 2 is 1.85 bits per heavy atom. The van der Waals surface area contributed by atoms with Gasteiger partial charge in [0, 0.05) is 6.20 Å². The number of aliphatic hydroxyl groups excluding tert-OH is 1. The van der Waals surface area contributed by atoms with E-state index >= 15 is 0 Å². The molecular weight excluding hydrogens is 458 g/mol. The Hall–Kier alpha value is -3.40. The highest BCUT2D eigenvalue weighted by Crippen LogP contribution is 2.42. The highest BCUT2D eigenvalue weighted by molar-refractivity contribution is 6.00. The van der Waals surface area contributed by atoms with Crippen molar-refractivity contribution in [2.45, 2.75) is 50.7 Å². The second kappa shape index (κ2) is 8.75. The molecule has 15 heteroatoms. The summed E-state index contributed by atoms with van der Waals surface area (Å²) in [5.74, 6) is -2.83. The van der Waals surface area contributed by atoms with Crippen molar-refractivity contribution in [3.63, 3.8) is 0 Å². The Morgan fingerprint density at radius 1 is 1.18 bits per heavy atom. The van der Waals surface area contributed by atoms with Gasteiger partial charge in [0.1, 0.15) is 18.3 Å². The van der Waals surface area contributed by atoms with Gasteiger partial charge in [-0.25, -0.2) is 19.1 Å². The fourth-order valence-corrected chi connectivity index (χ4v) is 3.98. The first kappa shape index (κ1) is 23.7. The number of aromatic amines is 1. The molecule has 2 aromatic heterocycles. The van der Waals surface area contributed by atoms with Crippen LogP contribution in [-0.4, -0.2) is 86.5 Å². The van der Waals surface area contributed by atoms with E-state index in [4.69, 9.17) is 18.9 Å². The van der Waals surface area contributed by atoms with Gasteiger partial charge in [-0.1, -0.05) is 5.21 Å². The van der Waals surface area contributed by atoms with Gasteiger partial charge in [-0.15, -0.1) is 5.10 Å². The molecule has 2 aliphatic rings. The number of carbonyl (C=O) groups is 2. The van der Waals surface area contributed by atoms with Crippen molar-refractivity contribution in [2.24, 2.45) is 0 Å². The molecule has 0 amide bonds. The van der Waals surface area contributed by atoms with Crippen LogP contribution < -0.4 is 11.2 Å². The van der Waals surface area contributed by atoms with Crippen LogP contribution in [0, 0.1) is 0 Å². The summed E-state index contributed by atoms with van der Waals surface area (Å²) in [6.45, 7) is 2.66. The van der Waals surface area contributed by atoms with E-state index in [1.807, 2.05) is 0 Å². The number of ether oxygens (including phenoxy) is 5. The molecular formula is C19H23N5O10. The van der Waals surface area contributed by atoms with E-state index in [9.17, 15) is 24.3 Å². The zero-order valence-electron chi connectivity index (χ0n) is 18.7. The van der Waals surface area contributed by atoms with E-state index in [1.165, 1.54) is 6.20 Å². The number of aromatic nitrogens is 5. The molecule has 4 heterocycles. The minimum atomic E-state index is -1.02. The third-order valence-electron chi connectivity index (χ3n) is 5.43. The van der Waals surface area contributed by atoms with E-state index in [2.05, 4.69) is 20.0 Å². The summed E-state index contributed by atoms with van der Waals surface area (Å²) in [6.07, 6.45) is -1.95. The van der Waals surface area contributed by atoms with Crippen LogP contribution in [0.15, 0.2) is 15.8 Å². The second-order valence-corrected chi connectivity index (χ2v) is 8.06. The topological polar surface area (TPSA) is 186 Å². The molecule has 184 valence electrons. The van der Waals surface area contributed by atoms with Crippen molar-refractivity contribution in [2.75, 3.05) is 20.8 Å². The molecule has 2 N–H and O–H groups in total. The average Bonchev–Trinajstić information content (AvgIpc) is 3.45. The molecule has 0 radical (unpaired) electrons. The first-order valence-corrected chi connectivity index (χ1v) is 10.2. The van der Waals surface area contributed by atoms with Crippen LogP contribution in [0.2, 0.25) is 0 Å². The Morgan fingerprint density at radius 3 is 2.50 bits per heavy atom. The molecule has 0 saturated carbocycles. The lowest BCUT2D eigenvalue weighted by Gasteiger charge is -2.24. The van der Waals surface area contributed by atoms with Crippen LogP contribution in [0.3, 0.4) is 0 Å². The lowest BCUT2D eigenvalue weighted by atomic mass is 10.1. The Balaban J connectivity index is 1.73. The summed E-state index contributed by atoms with van der Waals surface area (Å²) in [5, 5.41) is 17.1. The summed E-state index contributed by atoms with van der Waals surface area (Å²) in [4.78, 5) is 51.6. The maximum atomic E-state index is 12.6. The largest absolute Gasteiger partial charge is 0.464 e. The average molecular weight is 481 g/mol. The highest BCUT2D eigenvalue weighted by Gasteiger charge is 2.56. The standard InChI is InChI=1S/C19H23N5O10/c1-19(2)33-12-9(7-25)32-15(13(12)34-19)23-5-8(14(26)20-18(23)29)6-24-11(17(28)31-4)10(21-22-24)16(27)30-3/h5,9,12-13,15,25H,6-7H2,1-4H3,(H,20,26,29)/t9-,12-,13-,15-/m1/s1. The van der Waals surface area contributed by atoms with Gasteiger partial charge >= 0.3 is 17.6 Å². The molecule has 2 aliphatic heterocycles. The first-order valence-electron chi connectivity index (χ1n) is 10.2. The van der Waals surface area contributed by atoms with Crippen LogP contribution in [0.1, 0.15) is 46.6 Å². The molecule has 34 heavy (non-hydrogen) atoms. The van der Waals surface area contributed by atoms with E-state index < -0.39 is 59.2 Å². The van der Waals surface area contributed by atoms with Crippen molar-refractivity contribution in [3.8, 4) is 0 Å². The minimum absolute atomic E-state index is 0.0168. The number of aliphatic hydroxyl groups is 1. The van der Waals surface area contributed by atoms with Crippen molar-refractivity contribution >= 4 is 11.9 Å². The Bertz CT molecular complexity index is 1230. The second-order valence-electron chi connectivity index (χ2n) is 8.06. The number of fused-ring (bicyclic) bond motifs is 1. The first-order chi connectivity index (χ1) is 16.1. The molecule has 2 fully saturated rings. The maximum absolute atomic E-state index is 12.6. The predicted molar refractivity (Wildman–Crippen MR) is 108 cm³/mol. The summed E-state index contributed by atoms with van der Waals surface area (Å²) < 4.78 is 28.8. The van der Waals surface area contributed by atoms with Crippen LogP contribution in [0.5, 0.6) is 0 Å². The number of hydrogen-bond acceptors (Lipinski definition) is 12. The van der Waals surface area contributed by atoms with Gasteiger partial charge in [0.05, 0.1) is 32.9 Å². The van der Waals surface area contributed by atoms with Crippen LogP contribution in [0.25, 0.3) is 0 Å². The molecule has 2 aromatic rings. The van der Waals surface area contributed by atoms with Crippen molar-refractivity contribution in [3.05, 3.63) is 44.0 Å². The van der Waals surface area contributed by atoms with Crippen LogP contribution in [-0.2, 0) is 30.2 Å². The number of H-pyrrole nitrogens is 1. The number of methoxy groups -OCH3 is 2. The fraction of sp³-hybridized carbons (Fsp3) is 0.579. The molecule has 4 rings (SSSR count). The quantitative estimate of drug-likeness (QED) is 0.440. The molecule has 4 atom stereocenters. The van der Waals surface area contributed by atoms with E-state index in [-0.39, 0.29) is 24.4 Å². The summed E-state index contributed by atoms with van der Waals surface area (Å²) in [7, 11) is 2.21. The number of carbonyl (C=O) groups excluding carboxylic acids is 2. The molecule has 15 nitrogen and oxygen atoms in total. The number of rotatable bonds is 6. The normalized spacial score (nSPS) is 25.2. The number of hydrogen-bond donors (Lipinski definition) is 2. The van der Waals surface area contributed by atoms with Gasteiger partial charge in [0.2, 0.25) is 5.69 Å². The zero-order valence-corrected chi connectivity index (χ0v) is 18.7. The molecule has 0 bridgehead atoms. The monoisotopic (exact) mass is 481 g/mol. The third-order valence-corrected chi connectivity index (χ3v) is 5.43. The van der Waals surface area contributed by atoms with Crippen molar-refractivity contribution in [1.29, 1.82) is 0 Å². The van der Waals surface area contributed by atoms with Crippen molar-refractivity contribution in [1.82, 2.24) is 24.5 Å². The van der Waals surface area contributed by atoms with E-state index in [0.717, 1.165) is 23.5 Å². The minimum Gasteiger partial charge on any atom is -0.464 e. The lowest BCUT2D eigenvalue weighted by Crippen LogP contribution is -2.39. The Kier molecular flexibility index (Phi) is 6.11. The number of nitrogens with zero attached hydrogens (tertiary/aromatic N) is 4. The number of nitrogens with one attached hydrogen (secondary N) is 1. The summed E-state index contributed by atoms with van der Waals surface area (Å²) in [6, 6.07) is 0. The van der Waals surface area contributed by atoms with E-state index in [0.29, 0.717) is 0 Å². The zero-order chi connectivity index (χ0) is 24.8. The van der Waals surface area contributed by atoms with Gasteiger partial charge in [-0.05, 0) is 13.8 Å². The Labute approximate surface area is 191 Å². The third kappa shape index (κ3) is 4.02. The van der Waals surface area contributed by atoms with Gasteiger partial charge in [0.25, 0.3) is 5.56 Å². The van der Waals surface area contributed by atoms with Gasteiger partial charge < -0.3 is 28.8 Å². The molecule has 0 aliphatic carbocycles. The lowest BCUT2D eigenvalue weighted by molar-refractivity contribution is -0.200. The molecule has 0 spiro atoms. The van der Waals surface area contributed by atoms with Gasteiger partial charge in [0.15, 0.2) is 17.7 Å². The smallest absolute Gasteiger partial charge is 0.361 e. The van der Waals surface area contributed by atoms with Gasteiger partial charge in [-0.2, -0.15) is 0 Å². The molecule has 2 saturated heterocycles. The summed E-state index contributed by atoms with van der Waals surface area (Å²) >= 11 is 0. The number of esters is 2. The fourth-order valence-electron chi connectivity index (χ4n) is 3.98. The predicted octanol–water partition coefficient (Wildman–Crippen LogP) is -1.84. The highest BCUT2D eigenvalue weighted by atomic mass is 16.8. The van der Waals surface area contributed by atoms with E-state index in [1.54, 1.807) is 13.8 Å². The van der Waals surface area contributed by atoms with Crippen LogP contribution in [0.4, 0.5) is 0 Å². The molecule has 0 unspecified atom stereocenters. The summed E-state index contributed by atoms with van der Waals surface area (Å²) in [5.41, 5.74) is -2.29. The van der Waals surface area contributed by atoms with Crippen LogP contribution >= 0.6 is 0 Å².